The lowest BCUT2D eigenvalue weighted by Crippen LogP contribution is -1.83. The van der Waals surface area contributed by atoms with Crippen molar-refractivity contribution in [2.75, 3.05) is 0 Å². The lowest BCUT2D eigenvalue weighted by molar-refractivity contribution is 0.444. The summed E-state index contributed by atoms with van der Waals surface area (Å²) in [6, 6.07) is 0. The minimum Gasteiger partial charge on any atom is -0.424 e. The summed E-state index contributed by atoms with van der Waals surface area (Å²) in [5.74, 6) is 1.21. The molecule has 1 atom stereocenters. The summed E-state index contributed by atoms with van der Waals surface area (Å²) >= 11 is 5.75. The molecule has 0 N–H and O–H groups in total. The molecule has 1 unspecified atom stereocenters. The number of hydrogen-bond acceptors (Lipinski definition) is 3. The number of hydrogen-bond donors (Lipinski definition) is 0. The summed E-state index contributed by atoms with van der Waals surface area (Å²) in [6.45, 7) is 3.94. The molecule has 1 rings (SSSR count). The highest BCUT2D eigenvalue weighted by Crippen LogP contribution is 2.17. The first-order valence-electron chi connectivity index (χ1n) is 4.20. The van der Waals surface area contributed by atoms with Crippen LogP contribution >= 0.6 is 11.6 Å². The molecule has 0 aliphatic carbocycles. The Morgan fingerprint density at radius 1 is 1.50 bits per heavy atom. The molecule has 0 saturated heterocycles. The Kier molecular flexibility index (Phi) is 3.53. The van der Waals surface area contributed by atoms with E-state index in [1.54, 1.807) is 0 Å². The summed E-state index contributed by atoms with van der Waals surface area (Å²) in [4.78, 5) is 0. The fourth-order valence-electron chi connectivity index (χ4n) is 0.856. The summed E-state index contributed by atoms with van der Waals surface area (Å²) in [7, 11) is 0. The molecule has 68 valence electrons. The number of aryl methyl sites for hydroxylation is 1. The lowest BCUT2D eigenvalue weighted by atomic mass is 10.2. The van der Waals surface area contributed by atoms with E-state index in [0.717, 1.165) is 19.3 Å². The van der Waals surface area contributed by atoms with Gasteiger partial charge in [0.15, 0.2) is 0 Å². The zero-order valence-corrected chi connectivity index (χ0v) is 8.14. The quantitative estimate of drug-likeness (QED) is 0.682. The van der Waals surface area contributed by atoms with Gasteiger partial charge in [0.2, 0.25) is 11.8 Å². The van der Waals surface area contributed by atoms with E-state index in [4.69, 9.17) is 16.0 Å². The van der Waals surface area contributed by atoms with Gasteiger partial charge in [-0.25, -0.2) is 0 Å². The molecule has 0 bridgehead atoms. The van der Waals surface area contributed by atoms with Crippen molar-refractivity contribution in [1.82, 2.24) is 10.2 Å². The fourth-order valence-corrected chi connectivity index (χ4v) is 0.945. The Bertz CT molecular complexity index is 235. The van der Waals surface area contributed by atoms with Gasteiger partial charge in [-0.15, -0.1) is 21.8 Å². The monoisotopic (exact) mass is 188 g/mol. The Hall–Kier alpha value is -0.570. The summed E-state index contributed by atoms with van der Waals surface area (Å²) < 4.78 is 5.29. The van der Waals surface area contributed by atoms with E-state index >= 15 is 0 Å². The summed E-state index contributed by atoms with van der Waals surface area (Å²) in [5.41, 5.74) is 0. The topological polar surface area (TPSA) is 38.9 Å². The maximum atomic E-state index is 5.75. The molecule has 0 aliphatic heterocycles. The molecule has 3 nitrogen and oxygen atoms in total. The lowest BCUT2D eigenvalue weighted by Gasteiger charge is -1.92. The Balaban J connectivity index is 2.52. The highest BCUT2D eigenvalue weighted by molar-refractivity contribution is 6.20. The largest absolute Gasteiger partial charge is 0.424 e. The molecule has 0 spiro atoms. The molecule has 1 aromatic rings. The van der Waals surface area contributed by atoms with Crippen molar-refractivity contribution in [3.8, 4) is 0 Å². The van der Waals surface area contributed by atoms with Crippen LogP contribution in [0, 0.1) is 0 Å². The predicted octanol–water partition coefficient (Wildman–Crippen LogP) is 2.71. The molecular weight excluding hydrogens is 176 g/mol. The van der Waals surface area contributed by atoms with Crippen molar-refractivity contribution in [1.29, 1.82) is 0 Å². The number of unbranched alkanes of at least 4 members (excludes halogenated alkanes) is 1. The van der Waals surface area contributed by atoms with Gasteiger partial charge < -0.3 is 4.42 Å². The maximum Gasteiger partial charge on any atom is 0.234 e. The fraction of sp³-hybridized carbons (Fsp3) is 0.750. The van der Waals surface area contributed by atoms with Crippen molar-refractivity contribution < 1.29 is 4.42 Å². The molecule has 0 fully saturated rings. The van der Waals surface area contributed by atoms with Gasteiger partial charge in [0.25, 0.3) is 0 Å². The average molecular weight is 189 g/mol. The van der Waals surface area contributed by atoms with Crippen LogP contribution in [-0.2, 0) is 6.42 Å². The molecule has 4 heteroatoms. The Morgan fingerprint density at radius 3 is 2.75 bits per heavy atom. The highest BCUT2D eigenvalue weighted by atomic mass is 35.5. The van der Waals surface area contributed by atoms with Crippen LogP contribution in [0.3, 0.4) is 0 Å². The van der Waals surface area contributed by atoms with Crippen LogP contribution < -0.4 is 0 Å². The first-order valence-corrected chi connectivity index (χ1v) is 4.64. The number of nitrogens with zero attached hydrogens (tertiary/aromatic N) is 2. The SMILES string of the molecule is CCCCc1nnc(C(C)Cl)o1. The Labute approximate surface area is 77.1 Å². The van der Waals surface area contributed by atoms with E-state index in [9.17, 15) is 0 Å². The number of aromatic nitrogens is 2. The smallest absolute Gasteiger partial charge is 0.234 e. The summed E-state index contributed by atoms with van der Waals surface area (Å²) in [5, 5.41) is 7.51. The van der Waals surface area contributed by atoms with Crippen LogP contribution in [-0.4, -0.2) is 10.2 Å². The molecule has 1 heterocycles. The van der Waals surface area contributed by atoms with Gasteiger partial charge in [-0.1, -0.05) is 13.3 Å². The van der Waals surface area contributed by atoms with E-state index in [1.165, 1.54) is 0 Å². The third-order valence-corrected chi connectivity index (χ3v) is 1.75. The van der Waals surface area contributed by atoms with E-state index in [1.807, 2.05) is 6.92 Å². The zero-order valence-electron chi connectivity index (χ0n) is 7.38. The van der Waals surface area contributed by atoms with E-state index in [0.29, 0.717) is 11.8 Å². The number of alkyl halides is 1. The standard InChI is InChI=1S/C8H13ClN2O/c1-3-4-5-7-10-11-8(12-7)6(2)9/h6H,3-5H2,1-2H3. The third-order valence-electron chi connectivity index (χ3n) is 1.57. The van der Waals surface area contributed by atoms with Crippen LogP contribution in [0.25, 0.3) is 0 Å². The van der Waals surface area contributed by atoms with Crippen molar-refractivity contribution >= 4 is 11.6 Å². The van der Waals surface area contributed by atoms with Gasteiger partial charge in [0.05, 0.1) is 0 Å². The first kappa shape index (κ1) is 9.52. The van der Waals surface area contributed by atoms with Gasteiger partial charge in [-0.3, -0.25) is 0 Å². The van der Waals surface area contributed by atoms with Gasteiger partial charge in [0.1, 0.15) is 5.38 Å². The van der Waals surface area contributed by atoms with Crippen LogP contribution in [0.2, 0.25) is 0 Å². The van der Waals surface area contributed by atoms with Gasteiger partial charge in [-0.2, -0.15) is 0 Å². The van der Waals surface area contributed by atoms with Gasteiger partial charge >= 0.3 is 0 Å². The molecule has 12 heavy (non-hydrogen) atoms. The minimum absolute atomic E-state index is 0.187. The highest BCUT2D eigenvalue weighted by Gasteiger charge is 2.09. The minimum atomic E-state index is -0.187. The van der Waals surface area contributed by atoms with Crippen molar-refractivity contribution in [2.24, 2.45) is 0 Å². The van der Waals surface area contributed by atoms with E-state index < -0.39 is 0 Å². The molecular formula is C8H13ClN2O. The zero-order chi connectivity index (χ0) is 8.97. The van der Waals surface area contributed by atoms with Crippen LogP contribution in [0.5, 0.6) is 0 Å². The second kappa shape index (κ2) is 4.45. The molecule has 0 aromatic carbocycles. The maximum absolute atomic E-state index is 5.75. The molecule has 0 saturated carbocycles. The van der Waals surface area contributed by atoms with Crippen LogP contribution in [0.4, 0.5) is 0 Å². The first-order chi connectivity index (χ1) is 5.74. The number of halogens is 1. The normalized spacial score (nSPS) is 13.2. The predicted molar refractivity (Wildman–Crippen MR) is 47.2 cm³/mol. The second-order valence-electron chi connectivity index (χ2n) is 2.75. The average Bonchev–Trinajstić information content (AvgIpc) is 2.48. The molecule has 0 radical (unpaired) electrons. The third kappa shape index (κ3) is 2.48. The van der Waals surface area contributed by atoms with Crippen molar-refractivity contribution in [2.45, 2.75) is 38.5 Å². The van der Waals surface area contributed by atoms with Crippen LogP contribution in [0.1, 0.15) is 43.8 Å². The second-order valence-corrected chi connectivity index (χ2v) is 3.41. The summed E-state index contributed by atoms with van der Waals surface area (Å²) in [6.07, 6.45) is 3.07. The van der Waals surface area contributed by atoms with Crippen LogP contribution in [0.15, 0.2) is 4.42 Å². The van der Waals surface area contributed by atoms with E-state index in [-0.39, 0.29) is 5.38 Å². The molecule has 0 amide bonds. The molecule has 0 aliphatic rings. The molecule has 1 aromatic heterocycles. The Morgan fingerprint density at radius 2 is 2.25 bits per heavy atom. The number of rotatable bonds is 4. The van der Waals surface area contributed by atoms with Crippen molar-refractivity contribution in [3.05, 3.63) is 11.8 Å². The van der Waals surface area contributed by atoms with E-state index in [2.05, 4.69) is 17.1 Å². The van der Waals surface area contributed by atoms with Crippen molar-refractivity contribution in [3.63, 3.8) is 0 Å². The van der Waals surface area contributed by atoms with Gasteiger partial charge in [-0.05, 0) is 13.3 Å². The van der Waals surface area contributed by atoms with Gasteiger partial charge in [0, 0.05) is 6.42 Å².